The van der Waals surface area contributed by atoms with Crippen molar-refractivity contribution in [3.8, 4) is 0 Å². The van der Waals surface area contributed by atoms with Gasteiger partial charge in [0.15, 0.2) is 12.4 Å². The van der Waals surface area contributed by atoms with Crippen LogP contribution < -0.4 is 0 Å². The van der Waals surface area contributed by atoms with Crippen LogP contribution in [0.1, 0.15) is 245 Å². The van der Waals surface area contributed by atoms with Crippen molar-refractivity contribution >= 4 is 11.9 Å². The Balaban J connectivity index is 2.26. The number of esters is 2. The molecule has 0 radical (unpaired) electrons. The molecule has 0 aromatic heterocycles. The zero-order valence-electron chi connectivity index (χ0n) is 38.3. The van der Waals surface area contributed by atoms with Crippen LogP contribution in [0.4, 0.5) is 0 Å². The van der Waals surface area contributed by atoms with E-state index in [9.17, 15) is 30.0 Å². The molecule has 0 bridgehead atoms. The van der Waals surface area contributed by atoms with Crippen molar-refractivity contribution < 1.29 is 49.0 Å². The Hall–Kier alpha value is -1.30. The summed E-state index contributed by atoms with van der Waals surface area (Å²) in [5, 5.41) is 40.2. The fourth-order valence-electron chi connectivity index (χ4n) is 8.01. The largest absolute Gasteiger partial charge is 0.462 e. The van der Waals surface area contributed by atoms with E-state index in [4.69, 9.17) is 18.9 Å². The number of rotatable bonds is 43. The lowest BCUT2D eigenvalue weighted by Crippen LogP contribution is -2.59. The summed E-state index contributed by atoms with van der Waals surface area (Å²) in [5.41, 5.74) is 0. The van der Waals surface area contributed by atoms with E-state index in [2.05, 4.69) is 13.8 Å². The van der Waals surface area contributed by atoms with Gasteiger partial charge in [0, 0.05) is 12.8 Å². The lowest BCUT2D eigenvalue weighted by Gasteiger charge is -2.39. The molecule has 10 heteroatoms. The Kier molecular flexibility index (Phi) is 38.5. The summed E-state index contributed by atoms with van der Waals surface area (Å²) in [4.78, 5) is 25.4. The second kappa shape index (κ2) is 40.8. The summed E-state index contributed by atoms with van der Waals surface area (Å²) in [6, 6.07) is 0. The molecule has 1 aliphatic heterocycles. The van der Waals surface area contributed by atoms with Gasteiger partial charge < -0.3 is 39.4 Å². The molecular weight excluding hydrogens is 749 g/mol. The molecule has 1 aliphatic rings. The quantitative estimate of drug-likeness (QED) is 0.0345. The molecule has 0 spiro atoms. The Bertz CT molecular complexity index is 932. The lowest BCUT2D eigenvalue weighted by molar-refractivity contribution is -0.305. The molecule has 6 atom stereocenters. The number of carbonyl (C=O) groups excluding carboxylic acids is 2. The van der Waals surface area contributed by atoms with Crippen molar-refractivity contribution in [3.05, 3.63) is 0 Å². The Morgan fingerprint density at radius 3 is 1.15 bits per heavy atom. The van der Waals surface area contributed by atoms with Gasteiger partial charge in [0.1, 0.15) is 31.0 Å². The van der Waals surface area contributed by atoms with Gasteiger partial charge in [0.25, 0.3) is 0 Å². The van der Waals surface area contributed by atoms with Gasteiger partial charge in [-0.25, -0.2) is 0 Å². The Morgan fingerprint density at radius 1 is 0.458 bits per heavy atom. The number of aliphatic hydroxyl groups excluding tert-OH is 4. The highest BCUT2D eigenvalue weighted by Gasteiger charge is 2.44. The van der Waals surface area contributed by atoms with Gasteiger partial charge in [0.05, 0.1) is 13.2 Å². The topological polar surface area (TPSA) is 152 Å². The normalized spacial score (nSPS) is 19.9. The SMILES string of the molecule is CCCCCCCCCCCCCCCCCCCCC(=O)O[C@H](COC(=O)CCCCCCCCCCCCCCCCCC)CO[C@@H]1O[C@H](CO)[C@H](O)C(O)C1O. The van der Waals surface area contributed by atoms with E-state index >= 15 is 0 Å². The summed E-state index contributed by atoms with van der Waals surface area (Å²) < 4.78 is 22.2. The minimum absolute atomic E-state index is 0.208. The van der Waals surface area contributed by atoms with Crippen molar-refractivity contribution in [1.29, 1.82) is 0 Å². The molecule has 1 heterocycles. The predicted octanol–water partition coefficient (Wildman–Crippen LogP) is 11.3. The second-order valence-corrected chi connectivity index (χ2v) is 17.6. The number of hydrogen-bond acceptors (Lipinski definition) is 10. The van der Waals surface area contributed by atoms with Crippen LogP contribution in [0.5, 0.6) is 0 Å². The van der Waals surface area contributed by atoms with Gasteiger partial charge in [-0.15, -0.1) is 0 Å². The second-order valence-electron chi connectivity index (χ2n) is 17.6. The first-order chi connectivity index (χ1) is 28.8. The fourth-order valence-corrected chi connectivity index (χ4v) is 8.01. The third kappa shape index (κ3) is 32.1. The molecule has 10 nitrogen and oxygen atoms in total. The highest BCUT2D eigenvalue weighted by atomic mass is 16.7. The zero-order chi connectivity index (χ0) is 43.0. The van der Waals surface area contributed by atoms with E-state index in [0.29, 0.717) is 6.42 Å². The predicted molar refractivity (Wildman–Crippen MR) is 238 cm³/mol. The minimum Gasteiger partial charge on any atom is -0.462 e. The van der Waals surface area contributed by atoms with E-state index in [-0.39, 0.29) is 32.0 Å². The molecule has 1 saturated heterocycles. The Morgan fingerprint density at radius 2 is 0.797 bits per heavy atom. The summed E-state index contributed by atoms with van der Waals surface area (Å²) in [6.07, 6.45) is 35.3. The van der Waals surface area contributed by atoms with Crippen LogP contribution in [0.15, 0.2) is 0 Å². The molecule has 2 unspecified atom stereocenters. The maximum absolute atomic E-state index is 12.8. The van der Waals surface area contributed by atoms with E-state index < -0.39 is 49.4 Å². The molecule has 1 rings (SSSR count). The van der Waals surface area contributed by atoms with Gasteiger partial charge in [0.2, 0.25) is 0 Å². The van der Waals surface area contributed by atoms with E-state index in [1.807, 2.05) is 0 Å². The molecule has 1 fully saturated rings. The molecule has 0 aromatic rings. The van der Waals surface area contributed by atoms with Crippen LogP contribution in [0.3, 0.4) is 0 Å². The van der Waals surface area contributed by atoms with Crippen molar-refractivity contribution in [1.82, 2.24) is 0 Å². The zero-order valence-corrected chi connectivity index (χ0v) is 38.3. The molecule has 0 aromatic carbocycles. The lowest BCUT2D eigenvalue weighted by atomic mass is 9.99. The van der Waals surface area contributed by atoms with E-state index in [0.717, 1.165) is 38.5 Å². The third-order valence-electron chi connectivity index (χ3n) is 12.0. The first-order valence-corrected chi connectivity index (χ1v) is 25.1. The molecule has 0 aliphatic carbocycles. The van der Waals surface area contributed by atoms with Gasteiger partial charge in [-0.05, 0) is 12.8 Å². The van der Waals surface area contributed by atoms with Crippen LogP contribution in [0, 0.1) is 0 Å². The Labute approximate surface area is 361 Å². The standard InChI is InChI=1S/C49H94O10/c1-3-5-7-9-11-13-15-17-19-21-22-24-26-28-30-32-34-36-38-45(52)58-42(41-57-49-48(55)47(54)46(53)43(39-50)59-49)40-56-44(51)37-35-33-31-29-27-25-23-20-18-16-14-12-10-8-6-4-2/h42-43,46-50,53-55H,3-41H2,1-2H3/t42-,43-,46+,47?,48?,49-/m1/s1. The van der Waals surface area contributed by atoms with Crippen molar-refractivity contribution in [3.63, 3.8) is 0 Å². The van der Waals surface area contributed by atoms with Gasteiger partial charge in [-0.2, -0.15) is 0 Å². The molecule has 0 amide bonds. The van der Waals surface area contributed by atoms with Crippen molar-refractivity contribution in [2.45, 2.75) is 282 Å². The molecule has 350 valence electrons. The maximum atomic E-state index is 12.8. The molecular formula is C49H94O10. The maximum Gasteiger partial charge on any atom is 0.306 e. The van der Waals surface area contributed by atoms with Crippen LogP contribution >= 0.6 is 0 Å². The van der Waals surface area contributed by atoms with Crippen LogP contribution in [0.2, 0.25) is 0 Å². The van der Waals surface area contributed by atoms with Crippen LogP contribution in [-0.2, 0) is 28.5 Å². The average Bonchev–Trinajstić information content (AvgIpc) is 3.23. The molecule has 4 N–H and O–H groups in total. The van der Waals surface area contributed by atoms with Crippen molar-refractivity contribution in [2.24, 2.45) is 0 Å². The number of unbranched alkanes of at least 4 members (excludes halogenated alkanes) is 32. The summed E-state index contributed by atoms with van der Waals surface area (Å²) >= 11 is 0. The molecule has 0 saturated carbocycles. The minimum atomic E-state index is -1.59. The van der Waals surface area contributed by atoms with Crippen LogP contribution in [0.25, 0.3) is 0 Å². The third-order valence-corrected chi connectivity index (χ3v) is 12.0. The smallest absolute Gasteiger partial charge is 0.306 e. The summed E-state index contributed by atoms with van der Waals surface area (Å²) in [5.74, 6) is -0.787. The average molecular weight is 843 g/mol. The number of carbonyl (C=O) groups is 2. The highest BCUT2D eigenvalue weighted by molar-refractivity contribution is 5.70. The van der Waals surface area contributed by atoms with Gasteiger partial charge >= 0.3 is 11.9 Å². The number of hydrogen-bond donors (Lipinski definition) is 4. The van der Waals surface area contributed by atoms with Crippen LogP contribution in [-0.4, -0.2) is 89.0 Å². The van der Waals surface area contributed by atoms with Crippen molar-refractivity contribution in [2.75, 3.05) is 19.8 Å². The molecule has 59 heavy (non-hydrogen) atoms. The number of aliphatic hydroxyl groups is 4. The highest BCUT2D eigenvalue weighted by Crippen LogP contribution is 2.23. The monoisotopic (exact) mass is 843 g/mol. The summed E-state index contributed by atoms with van der Waals surface area (Å²) in [6.45, 7) is 3.48. The van der Waals surface area contributed by atoms with E-state index in [1.54, 1.807) is 0 Å². The first-order valence-electron chi connectivity index (χ1n) is 25.1. The fraction of sp³-hybridized carbons (Fsp3) is 0.959. The van der Waals surface area contributed by atoms with Gasteiger partial charge in [-0.3, -0.25) is 9.59 Å². The number of ether oxygens (including phenoxy) is 4. The van der Waals surface area contributed by atoms with E-state index in [1.165, 1.54) is 173 Å². The summed E-state index contributed by atoms with van der Waals surface area (Å²) in [7, 11) is 0. The van der Waals surface area contributed by atoms with Gasteiger partial charge in [-0.1, -0.05) is 219 Å². The first kappa shape index (κ1) is 55.7.